The molecule has 2 aromatic carbocycles. The molecule has 1 aliphatic carbocycles. The second-order valence-corrected chi connectivity index (χ2v) is 11.5. The van der Waals surface area contributed by atoms with Gasteiger partial charge in [-0.1, -0.05) is 30.3 Å². The molecule has 0 N–H and O–H groups in total. The van der Waals surface area contributed by atoms with Gasteiger partial charge in [-0.3, -0.25) is 4.90 Å². The Morgan fingerprint density at radius 3 is 2.24 bits per heavy atom. The van der Waals surface area contributed by atoms with Crippen LogP contribution < -0.4 is 0 Å². The average molecular weight is 622 g/mol. The maximum absolute atomic E-state index is 13.6. The van der Waals surface area contributed by atoms with Gasteiger partial charge in [0.05, 0.1) is 44.3 Å². The van der Waals surface area contributed by atoms with Crippen LogP contribution in [0.15, 0.2) is 70.7 Å². The Labute approximate surface area is 235 Å². The molecule has 1 amide bonds. The zero-order valence-electron chi connectivity index (χ0n) is 21.4. The molecule has 42 heavy (non-hydrogen) atoms. The zero-order valence-corrected chi connectivity index (χ0v) is 22.2. The van der Waals surface area contributed by atoms with Crippen LogP contribution >= 0.6 is 0 Å². The van der Waals surface area contributed by atoms with Crippen LogP contribution in [-0.4, -0.2) is 39.7 Å². The predicted molar refractivity (Wildman–Crippen MR) is 134 cm³/mol. The summed E-state index contributed by atoms with van der Waals surface area (Å²) in [6.07, 6.45) is -16.3. The Bertz CT molecular complexity index is 1550. The average Bonchev–Trinajstić information content (AvgIpc) is 3.38. The van der Waals surface area contributed by atoms with Crippen molar-refractivity contribution in [3.05, 3.63) is 88.0 Å². The molecule has 5 rings (SSSR count). The summed E-state index contributed by atoms with van der Waals surface area (Å²) in [7, 11) is -1.76. The number of nitrogens with zero attached hydrogens (tertiary/aromatic N) is 1. The summed E-state index contributed by atoms with van der Waals surface area (Å²) in [6.45, 7) is 0.795. The predicted octanol–water partition coefficient (Wildman–Crippen LogP) is 8.03. The molecule has 2 unspecified atom stereocenters. The highest BCUT2D eigenvalue weighted by Crippen LogP contribution is 2.44. The van der Waals surface area contributed by atoms with Crippen LogP contribution in [0.4, 0.5) is 44.3 Å². The van der Waals surface area contributed by atoms with Crippen molar-refractivity contribution in [2.24, 2.45) is 5.92 Å². The highest BCUT2D eigenvalue weighted by atomic mass is 32.2. The normalized spacial score (nSPS) is 24.7. The minimum atomic E-state index is -5.10. The first kappa shape index (κ1) is 29.9. The molecule has 224 valence electrons. The summed E-state index contributed by atoms with van der Waals surface area (Å²) in [5.41, 5.74) is -3.40. The Morgan fingerprint density at radius 2 is 1.62 bits per heavy atom. The SMILES string of the molecule is C[C@H]1[C@@H](C2C=C(C(F)(F)F)C=C(C(F)(F)F)C2)OC(=O)N1Cc1cc(C(F)(F)F)ccc1C1=Cc2ccccc2S1=O. The molecule has 0 radical (unpaired) electrons. The lowest BCUT2D eigenvalue weighted by Crippen LogP contribution is -2.38. The van der Waals surface area contributed by atoms with E-state index in [2.05, 4.69) is 0 Å². The van der Waals surface area contributed by atoms with E-state index in [1.807, 2.05) is 0 Å². The number of ether oxygens (including phenoxy) is 1. The molecular formula is C28H20F9NO3S. The van der Waals surface area contributed by atoms with Crippen molar-refractivity contribution in [2.45, 2.75) is 55.5 Å². The summed E-state index contributed by atoms with van der Waals surface area (Å²) in [5, 5.41) is 0. The largest absolute Gasteiger partial charge is 0.443 e. The fraction of sp³-hybridized carbons (Fsp3) is 0.321. The van der Waals surface area contributed by atoms with Crippen molar-refractivity contribution in [1.82, 2.24) is 4.90 Å². The number of carbonyl (C=O) groups excluding carboxylic acids is 1. The van der Waals surface area contributed by atoms with E-state index in [0.717, 1.165) is 23.1 Å². The van der Waals surface area contributed by atoms with Crippen molar-refractivity contribution in [3.63, 3.8) is 0 Å². The molecular weight excluding hydrogens is 601 g/mol. The molecule has 1 saturated heterocycles. The first-order chi connectivity index (χ1) is 19.4. The van der Waals surface area contributed by atoms with Crippen molar-refractivity contribution in [2.75, 3.05) is 0 Å². The van der Waals surface area contributed by atoms with Gasteiger partial charge < -0.3 is 4.74 Å². The zero-order chi connectivity index (χ0) is 30.8. The van der Waals surface area contributed by atoms with E-state index in [4.69, 9.17) is 4.74 Å². The Morgan fingerprint density at radius 1 is 0.929 bits per heavy atom. The van der Waals surface area contributed by atoms with Gasteiger partial charge in [-0.05, 0) is 60.4 Å². The van der Waals surface area contributed by atoms with Crippen LogP contribution in [0.25, 0.3) is 11.0 Å². The van der Waals surface area contributed by atoms with Crippen molar-refractivity contribution < 1.29 is 53.3 Å². The van der Waals surface area contributed by atoms with E-state index in [1.54, 1.807) is 30.3 Å². The first-order valence-electron chi connectivity index (χ1n) is 12.4. The third-order valence-electron chi connectivity index (χ3n) is 7.37. The minimum Gasteiger partial charge on any atom is -0.443 e. The molecule has 0 spiro atoms. The van der Waals surface area contributed by atoms with Crippen LogP contribution in [-0.2, 0) is 28.3 Å². The topological polar surface area (TPSA) is 46.6 Å². The maximum atomic E-state index is 13.6. The van der Waals surface area contributed by atoms with E-state index in [9.17, 15) is 48.5 Å². The molecule has 2 aromatic rings. The fourth-order valence-corrected chi connectivity index (χ4v) is 6.70. The van der Waals surface area contributed by atoms with Crippen LogP contribution in [0.3, 0.4) is 0 Å². The van der Waals surface area contributed by atoms with Gasteiger partial charge in [-0.25, -0.2) is 9.00 Å². The van der Waals surface area contributed by atoms with Crippen LogP contribution in [0.1, 0.15) is 35.6 Å². The Hall–Kier alpha value is -3.55. The number of fused-ring (bicyclic) bond motifs is 1. The smallest absolute Gasteiger partial charge is 0.416 e. The van der Waals surface area contributed by atoms with Gasteiger partial charge in [-0.2, -0.15) is 39.5 Å². The van der Waals surface area contributed by atoms with Gasteiger partial charge in [0.15, 0.2) is 0 Å². The number of benzene rings is 2. The molecule has 4 atom stereocenters. The molecule has 1 fully saturated rings. The number of hydrogen-bond acceptors (Lipinski definition) is 3. The minimum absolute atomic E-state index is 0.0120. The molecule has 0 aromatic heterocycles. The number of hydrogen-bond donors (Lipinski definition) is 0. The van der Waals surface area contributed by atoms with E-state index in [1.165, 1.54) is 6.92 Å². The van der Waals surface area contributed by atoms with Crippen molar-refractivity contribution >= 4 is 27.9 Å². The number of carbonyl (C=O) groups is 1. The summed E-state index contributed by atoms with van der Waals surface area (Å²) in [4.78, 5) is 14.4. The van der Waals surface area contributed by atoms with Gasteiger partial charge in [0.2, 0.25) is 0 Å². The fourth-order valence-electron chi connectivity index (χ4n) is 5.29. The van der Waals surface area contributed by atoms with Gasteiger partial charge in [-0.15, -0.1) is 0 Å². The lowest BCUT2D eigenvalue weighted by atomic mass is 9.83. The Balaban J connectivity index is 1.49. The molecule has 0 saturated carbocycles. The quantitative estimate of drug-likeness (QED) is 0.325. The van der Waals surface area contributed by atoms with Crippen molar-refractivity contribution in [3.8, 4) is 0 Å². The first-order valence-corrected chi connectivity index (χ1v) is 13.6. The van der Waals surface area contributed by atoms with E-state index in [0.29, 0.717) is 16.5 Å². The third-order valence-corrected chi connectivity index (χ3v) is 8.88. The van der Waals surface area contributed by atoms with Gasteiger partial charge >= 0.3 is 24.6 Å². The van der Waals surface area contributed by atoms with Gasteiger partial charge in [0.25, 0.3) is 0 Å². The monoisotopic (exact) mass is 621 g/mol. The van der Waals surface area contributed by atoms with Gasteiger partial charge in [0, 0.05) is 11.5 Å². The van der Waals surface area contributed by atoms with Crippen LogP contribution in [0.5, 0.6) is 0 Å². The standard InChI is InChI=1S/C28H20F9NO3S/c1-14-24(16-8-19(27(32,33)34)12-20(9-16)28(35,36)37)41-25(39)38(14)13-17-10-18(26(29,30)31)6-7-21(17)23-11-15-4-2-3-5-22(15)42(23)40/h2-8,10-12,14,16,24H,9,13H2,1H3/t14-,16?,24-,42?/m0/s1. The van der Waals surface area contributed by atoms with E-state index < -0.39 is 83.2 Å². The number of halogens is 9. The summed E-state index contributed by atoms with van der Waals surface area (Å²) in [6, 6.07) is 8.17. The number of amides is 1. The summed E-state index contributed by atoms with van der Waals surface area (Å²) < 4.78 is 140. The van der Waals surface area contributed by atoms with E-state index in [-0.39, 0.29) is 22.1 Å². The number of allylic oxidation sites excluding steroid dienone is 3. The highest BCUT2D eigenvalue weighted by molar-refractivity contribution is 7.95. The lowest BCUT2D eigenvalue weighted by molar-refractivity contribution is -0.137. The second kappa shape index (κ2) is 10.3. The number of cyclic esters (lactones) is 1. The molecule has 0 bridgehead atoms. The summed E-state index contributed by atoms with van der Waals surface area (Å²) in [5.74, 6) is -1.51. The maximum Gasteiger partial charge on any atom is 0.416 e. The molecule has 2 aliphatic heterocycles. The molecule has 2 heterocycles. The third kappa shape index (κ3) is 5.60. The van der Waals surface area contributed by atoms with Crippen LogP contribution in [0, 0.1) is 5.92 Å². The molecule has 4 nitrogen and oxygen atoms in total. The van der Waals surface area contributed by atoms with Crippen molar-refractivity contribution in [1.29, 1.82) is 0 Å². The van der Waals surface area contributed by atoms with E-state index >= 15 is 0 Å². The second-order valence-electron chi connectivity index (χ2n) is 10.1. The lowest BCUT2D eigenvalue weighted by Gasteiger charge is -2.30. The van der Waals surface area contributed by atoms with Crippen LogP contribution in [0.2, 0.25) is 0 Å². The summed E-state index contributed by atoms with van der Waals surface area (Å²) >= 11 is 0. The number of alkyl halides is 9. The molecule has 3 aliphatic rings. The number of rotatable bonds is 4. The Kier molecular flexibility index (Phi) is 7.35. The van der Waals surface area contributed by atoms with Gasteiger partial charge in [0.1, 0.15) is 6.10 Å². The molecule has 14 heteroatoms. The highest BCUT2D eigenvalue weighted by Gasteiger charge is 2.48.